The van der Waals surface area contributed by atoms with Crippen LogP contribution in [0.1, 0.15) is 123 Å². The van der Waals surface area contributed by atoms with Crippen LogP contribution >= 0.6 is 0 Å². The van der Waals surface area contributed by atoms with E-state index in [0.717, 1.165) is 50.1 Å². The third kappa shape index (κ3) is 9.19. The van der Waals surface area contributed by atoms with Gasteiger partial charge in [-0.3, -0.25) is 0 Å². The van der Waals surface area contributed by atoms with Gasteiger partial charge in [0.15, 0.2) is 0 Å². The number of pyridine rings is 1. The Bertz CT molecular complexity index is 3140. The van der Waals surface area contributed by atoms with E-state index >= 15 is 0 Å². The Morgan fingerprint density at radius 3 is 1.78 bits per heavy atom. The number of para-hydroxylation sites is 1. The van der Waals surface area contributed by atoms with Gasteiger partial charge in [0, 0.05) is 66.5 Å². The van der Waals surface area contributed by atoms with Crippen LogP contribution in [-0.4, -0.2) is 9.55 Å². The van der Waals surface area contributed by atoms with Crippen molar-refractivity contribution in [1.29, 1.82) is 0 Å². The van der Waals surface area contributed by atoms with Crippen LogP contribution in [0.5, 0.6) is 11.5 Å². The van der Waals surface area contributed by atoms with Gasteiger partial charge < -0.3 is 19.1 Å². The second-order valence-electron chi connectivity index (χ2n) is 22.4. The van der Waals surface area contributed by atoms with Gasteiger partial charge in [0.2, 0.25) is 0 Å². The van der Waals surface area contributed by atoms with Crippen molar-refractivity contribution in [2.45, 2.75) is 112 Å². The largest absolute Gasteiger partial charge is 0.509 e. The van der Waals surface area contributed by atoms with Crippen molar-refractivity contribution in [2.24, 2.45) is 5.41 Å². The van der Waals surface area contributed by atoms with Crippen LogP contribution in [0.15, 0.2) is 158 Å². The molecule has 0 fully saturated rings. The molecule has 0 radical (unpaired) electrons. The number of rotatable bonds is 9. The second kappa shape index (κ2) is 17.9. The average molecular weight is 1080 g/mol. The number of fused-ring (bicyclic) bond motifs is 3. The van der Waals surface area contributed by atoms with E-state index < -0.39 is 5.41 Å². The van der Waals surface area contributed by atoms with Gasteiger partial charge in [-0.15, -0.1) is 53.8 Å². The third-order valence-electron chi connectivity index (χ3n) is 13.7. The molecule has 1 aliphatic heterocycles. The molecule has 2 aromatic heterocycles. The minimum atomic E-state index is -0.403. The van der Waals surface area contributed by atoms with Gasteiger partial charge in [0.25, 0.3) is 0 Å². The number of ether oxygens (including phenoxy) is 1. The number of nitrogens with zero attached hydrogens (tertiary/aromatic N) is 4. The Balaban J connectivity index is 0.00000625. The summed E-state index contributed by atoms with van der Waals surface area (Å²) in [6, 6.07) is 57.7. The molecule has 0 spiro atoms. The van der Waals surface area contributed by atoms with Crippen molar-refractivity contribution in [1.82, 2.24) is 9.55 Å². The van der Waals surface area contributed by atoms with Crippen molar-refractivity contribution in [3.63, 3.8) is 0 Å². The Morgan fingerprint density at radius 2 is 1.13 bits per heavy atom. The summed E-state index contributed by atoms with van der Waals surface area (Å²) in [6.07, 6.45) is 4.19. The van der Waals surface area contributed by atoms with Gasteiger partial charge in [0.1, 0.15) is 5.82 Å². The van der Waals surface area contributed by atoms with Crippen LogP contribution in [0.4, 0.5) is 11.4 Å². The average Bonchev–Trinajstić information content (AvgIpc) is 3.90. The minimum absolute atomic E-state index is 0. The van der Waals surface area contributed by atoms with E-state index in [0.29, 0.717) is 11.5 Å². The van der Waals surface area contributed by atoms with Crippen LogP contribution in [0.3, 0.4) is 0 Å². The van der Waals surface area contributed by atoms with Gasteiger partial charge >= 0.3 is 0 Å². The Hall–Kier alpha value is -5.90. The molecule has 0 aliphatic carbocycles. The predicted molar refractivity (Wildman–Crippen MR) is 281 cm³/mol. The van der Waals surface area contributed by atoms with Crippen LogP contribution in [0.25, 0.3) is 27.6 Å². The number of benzene rings is 6. The van der Waals surface area contributed by atoms with Crippen molar-refractivity contribution in [2.75, 3.05) is 9.80 Å². The Morgan fingerprint density at radius 1 is 0.529 bits per heavy atom. The van der Waals surface area contributed by atoms with Crippen molar-refractivity contribution >= 4 is 33.2 Å². The molecular formula is C62H65N4OPt-3. The first-order chi connectivity index (χ1) is 31.6. The fourth-order valence-corrected chi connectivity index (χ4v) is 9.44. The van der Waals surface area contributed by atoms with E-state index in [1.807, 2.05) is 6.20 Å². The molecule has 0 bridgehead atoms. The molecule has 68 heavy (non-hydrogen) atoms. The molecule has 352 valence electrons. The molecule has 6 aromatic carbocycles. The smallest absolute Gasteiger partial charge is 0.135 e. The number of anilines is 2. The summed E-state index contributed by atoms with van der Waals surface area (Å²) in [6.45, 7) is 31.7. The molecule has 0 saturated carbocycles. The number of aromatic nitrogens is 2. The summed E-state index contributed by atoms with van der Waals surface area (Å²) in [7, 11) is 0. The van der Waals surface area contributed by atoms with Gasteiger partial charge in [0.05, 0.1) is 0 Å². The fraction of sp³-hybridized carbons (Fsp3) is 0.290. The zero-order valence-corrected chi connectivity index (χ0v) is 44.3. The van der Waals surface area contributed by atoms with E-state index in [4.69, 9.17) is 9.72 Å². The number of hydrogen-bond donors (Lipinski definition) is 0. The molecule has 5 nitrogen and oxygen atoms in total. The van der Waals surface area contributed by atoms with Gasteiger partial charge in [-0.05, 0) is 80.4 Å². The molecule has 0 N–H and O–H groups in total. The minimum Gasteiger partial charge on any atom is -0.509 e. The van der Waals surface area contributed by atoms with E-state index in [-0.39, 0.29) is 42.7 Å². The first-order valence-corrected chi connectivity index (χ1v) is 23.7. The quantitative estimate of drug-likeness (QED) is 0.135. The maximum atomic E-state index is 7.14. The third-order valence-corrected chi connectivity index (χ3v) is 13.7. The molecule has 0 atom stereocenters. The standard InChI is InChI=1S/C62H65N4O.Pt/c1-58(2,3)44-31-32-63-56(36-44)66-53-30-21-20-29-51(53)57-52(62(12,13)43-25-18-15-19-26-43)38-50(39-54(57)66)67-49-35-46(59(4,5)6)34-48(37-49)64-40-55(60(7,8)9)65(41-64)47-28-22-27-45(33-47)61(10,11)42-23-16-14-17-24-42;/h14-36,38,40-41H,1-13H3;/q-3;. The topological polar surface area (TPSA) is 33.5 Å². The second-order valence-corrected chi connectivity index (χ2v) is 22.4. The molecule has 0 unspecified atom stereocenters. The monoisotopic (exact) mass is 1080 g/mol. The molecular weight excluding hydrogens is 1010 g/mol. The molecule has 6 heteroatoms. The summed E-state index contributed by atoms with van der Waals surface area (Å²) >= 11 is 0. The van der Waals surface area contributed by atoms with Crippen LogP contribution < -0.4 is 14.5 Å². The van der Waals surface area contributed by atoms with E-state index in [9.17, 15) is 0 Å². The molecule has 3 heterocycles. The number of allylic oxidation sites excluding steroid dienone is 1. The van der Waals surface area contributed by atoms with Gasteiger partial charge in [-0.1, -0.05) is 192 Å². The zero-order chi connectivity index (χ0) is 47.7. The maximum absolute atomic E-state index is 7.14. The van der Waals surface area contributed by atoms with Gasteiger partial charge in [-0.25, -0.2) is 4.98 Å². The molecule has 0 saturated heterocycles. The van der Waals surface area contributed by atoms with Crippen molar-refractivity contribution < 1.29 is 25.8 Å². The Kier molecular flexibility index (Phi) is 12.8. The molecule has 8 aromatic rings. The van der Waals surface area contributed by atoms with E-state index in [1.165, 1.54) is 28.0 Å². The maximum Gasteiger partial charge on any atom is 0.135 e. The van der Waals surface area contributed by atoms with E-state index in [2.05, 4.69) is 269 Å². The van der Waals surface area contributed by atoms with Crippen molar-refractivity contribution in [3.05, 3.63) is 210 Å². The van der Waals surface area contributed by atoms with Crippen LogP contribution in [0.2, 0.25) is 0 Å². The first-order valence-electron chi connectivity index (χ1n) is 23.7. The Labute approximate surface area is 420 Å². The summed E-state index contributed by atoms with van der Waals surface area (Å²) in [4.78, 5) is 9.56. The summed E-state index contributed by atoms with van der Waals surface area (Å²) in [5, 5.41) is 2.28. The summed E-state index contributed by atoms with van der Waals surface area (Å²) < 4.78 is 9.40. The molecule has 0 amide bonds. The van der Waals surface area contributed by atoms with Crippen LogP contribution in [-0.2, 0) is 42.7 Å². The summed E-state index contributed by atoms with van der Waals surface area (Å²) in [5.74, 6) is 2.09. The number of hydrogen-bond acceptors (Lipinski definition) is 4. The SMILES string of the molecule is CC(C)(C)C1=CN(c2[c-]c(Oc3[c-]c4c(c(C(C)(C)c5ccccc5)c3)c3ccccc3n4-c3cc(C(C)(C)C)ccn3)cc(C(C)(C)C)c2)[CH-]N1c1cccc(C(C)(C)c2ccccc2)c1.[Pt]. The first kappa shape index (κ1) is 48.6. The van der Waals surface area contributed by atoms with Gasteiger partial charge in [-0.2, -0.15) is 0 Å². The normalized spacial score (nSPS) is 13.8. The zero-order valence-electron chi connectivity index (χ0n) is 42.0. The van der Waals surface area contributed by atoms with E-state index in [1.54, 1.807) is 0 Å². The van der Waals surface area contributed by atoms with Crippen molar-refractivity contribution in [3.8, 4) is 17.3 Å². The fourth-order valence-electron chi connectivity index (χ4n) is 9.44. The predicted octanol–water partition coefficient (Wildman–Crippen LogP) is 16.1. The summed E-state index contributed by atoms with van der Waals surface area (Å²) in [5.41, 5.74) is 11.5. The molecule has 1 aliphatic rings. The molecule has 9 rings (SSSR count). The van der Waals surface area contributed by atoms with Crippen LogP contribution in [0, 0.1) is 24.2 Å².